The molecule has 1 saturated carbocycles. The van der Waals surface area contributed by atoms with Crippen LogP contribution in [0.2, 0.25) is 0 Å². The molecule has 1 heterocycles. The maximum atomic E-state index is 5.61. The molecule has 22 heavy (non-hydrogen) atoms. The summed E-state index contributed by atoms with van der Waals surface area (Å²) in [6.07, 6.45) is 4.93. The van der Waals surface area contributed by atoms with Gasteiger partial charge in [-0.25, -0.2) is 0 Å². The lowest BCUT2D eigenvalue weighted by molar-refractivity contribution is 0.171. The molecule has 1 aliphatic heterocycles. The third-order valence-electron chi connectivity index (χ3n) is 4.76. The third-order valence-corrected chi connectivity index (χ3v) is 4.97. The second-order valence-electron chi connectivity index (χ2n) is 6.46. The maximum absolute atomic E-state index is 5.61. The van der Waals surface area contributed by atoms with Crippen LogP contribution in [-0.2, 0) is 0 Å². The minimum absolute atomic E-state index is 0.137. The zero-order valence-electron chi connectivity index (χ0n) is 13.3. The molecule has 0 radical (unpaired) electrons. The molecule has 5 heteroatoms. The highest BCUT2D eigenvalue weighted by molar-refractivity contribution is 7.80. The van der Waals surface area contributed by atoms with Gasteiger partial charge in [-0.15, -0.1) is 0 Å². The van der Waals surface area contributed by atoms with Crippen LogP contribution in [0.3, 0.4) is 0 Å². The van der Waals surface area contributed by atoms with E-state index in [1.807, 2.05) is 18.2 Å². The molecule has 0 unspecified atom stereocenters. The van der Waals surface area contributed by atoms with Gasteiger partial charge in [-0.05, 0) is 43.1 Å². The van der Waals surface area contributed by atoms with Crippen LogP contribution in [0.15, 0.2) is 18.2 Å². The second-order valence-corrected chi connectivity index (χ2v) is 6.86. The van der Waals surface area contributed by atoms with Crippen molar-refractivity contribution < 1.29 is 9.47 Å². The monoisotopic (exact) mass is 320 g/mol. The number of ether oxygens (including phenoxy) is 2. The predicted octanol–water partition coefficient (Wildman–Crippen LogP) is 3.71. The van der Waals surface area contributed by atoms with Crippen LogP contribution in [0.25, 0.3) is 0 Å². The molecule has 1 aliphatic carbocycles. The summed E-state index contributed by atoms with van der Waals surface area (Å²) < 4.78 is 11.1. The number of fused-ring (bicyclic) bond motifs is 1. The largest absolute Gasteiger partial charge is 0.486 e. The van der Waals surface area contributed by atoms with E-state index in [9.17, 15) is 0 Å². The van der Waals surface area contributed by atoms with Gasteiger partial charge in [0.15, 0.2) is 16.6 Å². The van der Waals surface area contributed by atoms with Gasteiger partial charge in [-0.1, -0.05) is 26.7 Å². The SMILES string of the molecule is CC(C)C1(NC(=S)Nc2ccc3c(c2)OCCO3)CCCC1. The first-order valence-electron chi connectivity index (χ1n) is 8.08. The summed E-state index contributed by atoms with van der Waals surface area (Å²) in [5.41, 5.74) is 1.07. The van der Waals surface area contributed by atoms with E-state index in [4.69, 9.17) is 21.7 Å². The Hall–Kier alpha value is -1.49. The molecule has 0 amide bonds. The fourth-order valence-corrected chi connectivity index (χ4v) is 3.68. The zero-order chi connectivity index (χ0) is 15.6. The minimum atomic E-state index is 0.137. The summed E-state index contributed by atoms with van der Waals surface area (Å²) in [7, 11) is 0. The van der Waals surface area contributed by atoms with Gasteiger partial charge in [0.1, 0.15) is 13.2 Å². The fourth-order valence-electron chi connectivity index (χ4n) is 3.36. The van der Waals surface area contributed by atoms with Crippen molar-refractivity contribution in [2.24, 2.45) is 5.92 Å². The summed E-state index contributed by atoms with van der Waals surface area (Å²) in [5.74, 6) is 2.14. The van der Waals surface area contributed by atoms with Crippen molar-refractivity contribution in [2.45, 2.75) is 45.1 Å². The lowest BCUT2D eigenvalue weighted by atomic mass is 9.85. The highest BCUT2D eigenvalue weighted by atomic mass is 32.1. The van der Waals surface area contributed by atoms with Crippen molar-refractivity contribution >= 4 is 23.0 Å². The molecule has 1 aromatic rings. The van der Waals surface area contributed by atoms with Gasteiger partial charge < -0.3 is 20.1 Å². The smallest absolute Gasteiger partial charge is 0.171 e. The van der Waals surface area contributed by atoms with Gasteiger partial charge in [-0.3, -0.25) is 0 Å². The Morgan fingerprint density at radius 1 is 1.14 bits per heavy atom. The lowest BCUT2D eigenvalue weighted by Gasteiger charge is -2.36. The highest BCUT2D eigenvalue weighted by Crippen LogP contribution is 2.36. The van der Waals surface area contributed by atoms with Crippen LogP contribution in [0, 0.1) is 5.92 Å². The van der Waals surface area contributed by atoms with E-state index in [1.165, 1.54) is 25.7 Å². The number of rotatable bonds is 3. The number of hydrogen-bond donors (Lipinski definition) is 2. The highest BCUT2D eigenvalue weighted by Gasteiger charge is 2.37. The van der Waals surface area contributed by atoms with Crippen LogP contribution < -0.4 is 20.1 Å². The van der Waals surface area contributed by atoms with E-state index in [0.717, 1.165) is 17.2 Å². The molecule has 2 aliphatic rings. The van der Waals surface area contributed by atoms with Crippen LogP contribution in [0.5, 0.6) is 11.5 Å². The van der Waals surface area contributed by atoms with Crippen molar-refractivity contribution in [3.05, 3.63) is 18.2 Å². The average Bonchev–Trinajstić information content (AvgIpc) is 2.97. The van der Waals surface area contributed by atoms with Crippen molar-refractivity contribution in [3.8, 4) is 11.5 Å². The zero-order valence-corrected chi connectivity index (χ0v) is 14.1. The summed E-state index contributed by atoms with van der Waals surface area (Å²) in [6, 6.07) is 5.84. The summed E-state index contributed by atoms with van der Waals surface area (Å²) >= 11 is 5.52. The number of anilines is 1. The molecular weight excluding hydrogens is 296 g/mol. The molecule has 0 atom stereocenters. The van der Waals surface area contributed by atoms with E-state index in [1.54, 1.807) is 0 Å². The van der Waals surface area contributed by atoms with Gasteiger partial charge in [-0.2, -0.15) is 0 Å². The molecule has 2 N–H and O–H groups in total. The lowest BCUT2D eigenvalue weighted by Crippen LogP contribution is -2.51. The van der Waals surface area contributed by atoms with Gasteiger partial charge in [0.25, 0.3) is 0 Å². The average molecular weight is 320 g/mol. The molecule has 1 fully saturated rings. The molecule has 0 spiro atoms. The Morgan fingerprint density at radius 3 is 2.50 bits per heavy atom. The molecule has 0 saturated heterocycles. The Morgan fingerprint density at radius 2 is 1.82 bits per heavy atom. The van der Waals surface area contributed by atoms with Gasteiger partial charge in [0.2, 0.25) is 0 Å². The Bertz CT molecular complexity index is 554. The van der Waals surface area contributed by atoms with Crippen molar-refractivity contribution in [1.82, 2.24) is 5.32 Å². The quantitative estimate of drug-likeness (QED) is 0.831. The van der Waals surface area contributed by atoms with Gasteiger partial charge >= 0.3 is 0 Å². The summed E-state index contributed by atoms with van der Waals surface area (Å²) in [5, 5.41) is 7.54. The first-order valence-corrected chi connectivity index (χ1v) is 8.49. The Balaban J connectivity index is 1.66. The number of thiocarbonyl (C=S) groups is 1. The van der Waals surface area contributed by atoms with E-state index < -0.39 is 0 Å². The molecule has 3 rings (SSSR count). The van der Waals surface area contributed by atoms with Crippen molar-refractivity contribution in [1.29, 1.82) is 0 Å². The fraction of sp³-hybridized carbons (Fsp3) is 0.588. The van der Waals surface area contributed by atoms with E-state index >= 15 is 0 Å². The molecule has 120 valence electrons. The Kier molecular flexibility index (Phi) is 4.43. The Labute approximate surface area is 137 Å². The topological polar surface area (TPSA) is 42.5 Å². The minimum Gasteiger partial charge on any atom is -0.486 e. The van der Waals surface area contributed by atoms with Crippen LogP contribution in [-0.4, -0.2) is 23.9 Å². The normalized spacial score (nSPS) is 19.0. The molecule has 1 aromatic carbocycles. The van der Waals surface area contributed by atoms with Gasteiger partial charge in [0, 0.05) is 17.3 Å². The van der Waals surface area contributed by atoms with E-state index in [-0.39, 0.29) is 5.54 Å². The number of nitrogens with one attached hydrogen (secondary N) is 2. The molecule has 0 bridgehead atoms. The maximum Gasteiger partial charge on any atom is 0.171 e. The third kappa shape index (κ3) is 3.14. The first-order chi connectivity index (χ1) is 10.6. The predicted molar refractivity (Wildman–Crippen MR) is 92.8 cm³/mol. The standard InChI is InChI=1S/C17H24N2O2S/c1-12(2)17(7-3-4-8-17)19-16(22)18-13-5-6-14-15(11-13)21-10-9-20-14/h5-6,11-12H,3-4,7-10H2,1-2H3,(H2,18,19,22). The van der Waals surface area contributed by atoms with Crippen LogP contribution in [0.1, 0.15) is 39.5 Å². The molecule has 4 nitrogen and oxygen atoms in total. The van der Waals surface area contributed by atoms with E-state index in [0.29, 0.717) is 24.2 Å². The summed E-state index contributed by atoms with van der Waals surface area (Å²) in [4.78, 5) is 0. The van der Waals surface area contributed by atoms with E-state index in [2.05, 4.69) is 24.5 Å². The molecule has 0 aromatic heterocycles. The molecular formula is C17H24N2O2S. The summed E-state index contributed by atoms with van der Waals surface area (Å²) in [6.45, 7) is 5.74. The number of benzene rings is 1. The first kappa shape index (κ1) is 15.4. The van der Waals surface area contributed by atoms with Crippen LogP contribution in [0.4, 0.5) is 5.69 Å². The van der Waals surface area contributed by atoms with Gasteiger partial charge in [0.05, 0.1) is 0 Å². The number of hydrogen-bond acceptors (Lipinski definition) is 3. The second kappa shape index (κ2) is 6.32. The van der Waals surface area contributed by atoms with Crippen molar-refractivity contribution in [3.63, 3.8) is 0 Å². The van der Waals surface area contributed by atoms with Crippen molar-refractivity contribution in [2.75, 3.05) is 18.5 Å². The van der Waals surface area contributed by atoms with Crippen LogP contribution >= 0.6 is 12.2 Å².